The van der Waals surface area contributed by atoms with Gasteiger partial charge in [0.15, 0.2) is 0 Å². The lowest BCUT2D eigenvalue weighted by Crippen LogP contribution is -2.32. The first-order chi connectivity index (χ1) is 9.69. The van der Waals surface area contributed by atoms with Crippen molar-refractivity contribution in [2.24, 2.45) is 5.84 Å². The van der Waals surface area contributed by atoms with Gasteiger partial charge in [0.05, 0.1) is 0 Å². The third-order valence-corrected chi connectivity index (χ3v) is 4.29. The van der Waals surface area contributed by atoms with Crippen LogP contribution in [-0.4, -0.2) is 0 Å². The van der Waals surface area contributed by atoms with Crippen LogP contribution in [0.5, 0.6) is 0 Å². The van der Waals surface area contributed by atoms with E-state index in [9.17, 15) is 4.39 Å². The number of hydrazine groups is 1. The average molecular weight is 270 g/mol. The second-order valence-corrected chi connectivity index (χ2v) is 5.56. The lowest BCUT2D eigenvalue weighted by atomic mass is 9.73. The molecule has 1 aliphatic rings. The topological polar surface area (TPSA) is 38.0 Å². The minimum Gasteiger partial charge on any atom is -0.271 e. The highest BCUT2D eigenvalue weighted by atomic mass is 19.1. The molecule has 0 amide bonds. The van der Waals surface area contributed by atoms with Gasteiger partial charge in [-0.05, 0) is 60.1 Å². The van der Waals surface area contributed by atoms with E-state index in [4.69, 9.17) is 5.84 Å². The van der Waals surface area contributed by atoms with Crippen molar-refractivity contribution >= 4 is 0 Å². The molecule has 2 nitrogen and oxygen atoms in total. The lowest BCUT2D eigenvalue weighted by molar-refractivity contribution is 0.433. The van der Waals surface area contributed by atoms with Crippen molar-refractivity contribution in [2.75, 3.05) is 0 Å². The highest BCUT2D eigenvalue weighted by Crippen LogP contribution is 2.40. The van der Waals surface area contributed by atoms with Gasteiger partial charge in [0.1, 0.15) is 5.82 Å². The molecule has 0 bridgehead atoms. The van der Waals surface area contributed by atoms with Crippen LogP contribution < -0.4 is 11.3 Å². The summed E-state index contributed by atoms with van der Waals surface area (Å²) in [6.45, 7) is 1.93. The molecule has 2 aromatic rings. The van der Waals surface area contributed by atoms with E-state index in [1.54, 1.807) is 6.07 Å². The van der Waals surface area contributed by atoms with Crippen molar-refractivity contribution < 1.29 is 4.39 Å². The first-order valence-corrected chi connectivity index (χ1v) is 6.99. The lowest BCUT2D eigenvalue weighted by Gasteiger charge is -2.33. The van der Waals surface area contributed by atoms with Gasteiger partial charge < -0.3 is 0 Å². The predicted octanol–water partition coefficient (Wildman–Crippen LogP) is 3.37. The highest BCUT2D eigenvalue weighted by molar-refractivity contribution is 5.40. The van der Waals surface area contributed by atoms with Crippen molar-refractivity contribution in [3.8, 4) is 0 Å². The summed E-state index contributed by atoms with van der Waals surface area (Å²) in [5.41, 5.74) is 7.77. The molecule has 0 aromatic heterocycles. The molecule has 2 aromatic carbocycles. The minimum absolute atomic E-state index is 0.0638. The van der Waals surface area contributed by atoms with Crippen LogP contribution in [0.1, 0.15) is 40.6 Å². The largest absolute Gasteiger partial charge is 0.271 e. The SMILES string of the molecule is Cc1cc(F)ccc1C(CC1Cc2ccccc21)NN. The van der Waals surface area contributed by atoms with E-state index < -0.39 is 0 Å². The van der Waals surface area contributed by atoms with Gasteiger partial charge in [-0.2, -0.15) is 0 Å². The molecule has 2 unspecified atom stereocenters. The first-order valence-electron chi connectivity index (χ1n) is 6.99. The second-order valence-electron chi connectivity index (χ2n) is 5.56. The molecule has 0 fully saturated rings. The fraction of sp³-hybridized carbons (Fsp3) is 0.294. The molecule has 20 heavy (non-hydrogen) atoms. The van der Waals surface area contributed by atoms with Gasteiger partial charge in [0.2, 0.25) is 0 Å². The van der Waals surface area contributed by atoms with Gasteiger partial charge in [0.25, 0.3) is 0 Å². The molecule has 0 saturated carbocycles. The standard InChI is InChI=1S/C17H19FN2/c1-11-8-14(18)6-7-15(11)17(20-19)10-13-9-12-4-2-3-5-16(12)13/h2-8,13,17,20H,9-10,19H2,1H3. The highest BCUT2D eigenvalue weighted by Gasteiger charge is 2.28. The van der Waals surface area contributed by atoms with Crippen LogP contribution in [0, 0.1) is 12.7 Å². The van der Waals surface area contributed by atoms with Crippen molar-refractivity contribution in [1.82, 2.24) is 5.43 Å². The van der Waals surface area contributed by atoms with E-state index in [0.29, 0.717) is 5.92 Å². The number of fused-ring (bicyclic) bond motifs is 1. The van der Waals surface area contributed by atoms with Crippen LogP contribution in [0.4, 0.5) is 4.39 Å². The van der Waals surface area contributed by atoms with Crippen LogP contribution in [0.3, 0.4) is 0 Å². The number of benzene rings is 2. The van der Waals surface area contributed by atoms with Crippen molar-refractivity contribution in [3.63, 3.8) is 0 Å². The van der Waals surface area contributed by atoms with E-state index in [2.05, 4.69) is 29.7 Å². The molecular formula is C17H19FN2. The van der Waals surface area contributed by atoms with Crippen LogP contribution in [-0.2, 0) is 6.42 Å². The van der Waals surface area contributed by atoms with Gasteiger partial charge in [-0.1, -0.05) is 30.3 Å². The maximum Gasteiger partial charge on any atom is 0.123 e. The molecule has 2 atom stereocenters. The molecule has 0 radical (unpaired) electrons. The Morgan fingerprint density at radius 1 is 1.30 bits per heavy atom. The Kier molecular flexibility index (Phi) is 3.55. The molecule has 3 N–H and O–H groups in total. The summed E-state index contributed by atoms with van der Waals surface area (Å²) in [6, 6.07) is 13.5. The molecule has 104 valence electrons. The zero-order chi connectivity index (χ0) is 14.1. The van der Waals surface area contributed by atoms with E-state index in [0.717, 1.165) is 24.0 Å². The van der Waals surface area contributed by atoms with Gasteiger partial charge in [-0.15, -0.1) is 0 Å². The maximum absolute atomic E-state index is 13.2. The fourth-order valence-electron chi connectivity index (χ4n) is 3.17. The third-order valence-electron chi connectivity index (χ3n) is 4.29. The van der Waals surface area contributed by atoms with Crippen molar-refractivity contribution in [3.05, 3.63) is 70.5 Å². The third kappa shape index (κ3) is 2.35. The number of nitrogens with two attached hydrogens (primary N) is 1. The molecule has 0 saturated heterocycles. The van der Waals surface area contributed by atoms with E-state index in [1.165, 1.54) is 17.2 Å². The Labute approximate surface area is 118 Å². The van der Waals surface area contributed by atoms with Gasteiger partial charge in [0, 0.05) is 6.04 Å². The molecule has 0 aliphatic heterocycles. The Bertz CT molecular complexity index is 624. The Morgan fingerprint density at radius 3 is 2.80 bits per heavy atom. The van der Waals surface area contributed by atoms with Gasteiger partial charge >= 0.3 is 0 Å². The summed E-state index contributed by atoms with van der Waals surface area (Å²) >= 11 is 0. The smallest absolute Gasteiger partial charge is 0.123 e. The molecule has 3 rings (SSSR count). The summed E-state index contributed by atoms with van der Waals surface area (Å²) < 4.78 is 13.2. The summed E-state index contributed by atoms with van der Waals surface area (Å²) in [4.78, 5) is 0. The van der Waals surface area contributed by atoms with Crippen LogP contribution >= 0.6 is 0 Å². The molecule has 0 heterocycles. The predicted molar refractivity (Wildman–Crippen MR) is 78.7 cm³/mol. The fourth-order valence-corrected chi connectivity index (χ4v) is 3.17. The second kappa shape index (κ2) is 5.35. The maximum atomic E-state index is 13.2. The monoisotopic (exact) mass is 270 g/mol. The van der Waals surface area contributed by atoms with Crippen LogP contribution in [0.2, 0.25) is 0 Å². The molecule has 3 heteroatoms. The number of halogens is 1. The zero-order valence-corrected chi connectivity index (χ0v) is 11.6. The minimum atomic E-state index is -0.198. The Hall–Kier alpha value is -1.71. The zero-order valence-electron chi connectivity index (χ0n) is 11.6. The Balaban J connectivity index is 1.79. The average Bonchev–Trinajstić information content (AvgIpc) is 2.41. The molecule has 1 aliphatic carbocycles. The number of hydrogen-bond donors (Lipinski definition) is 2. The van der Waals surface area contributed by atoms with Crippen molar-refractivity contribution in [1.29, 1.82) is 0 Å². The number of hydrogen-bond acceptors (Lipinski definition) is 2. The summed E-state index contributed by atoms with van der Waals surface area (Å²) in [5.74, 6) is 6.06. The van der Waals surface area contributed by atoms with E-state index in [-0.39, 0.29) is 11.9 Å². The normalized spacial score (nSPS) is 18.2. The van der Waals surface area contributed by atoms with E-state index >= 15 is 0 Å². The number of nitrogens with one attached hydrogen (secondary N) is 1. The number of rotatable bonds is 4. The van der Waals surface area contributed by atoms with Gasteiger partial charge in [-0.3, -0.25) is 11.3 Å². The summed E-state index contributed by atoms with van der Waals surface area (Å²) in [5, 5.41) is 0. The molecular weight excluding hydrogens is 251 g/mol. The van der Waals surface area contributed by atoms with Crippen LogP contribution in [0.25, 0.3) is 0 Å². The van der Waals surface area contributed by atoms with E-state index in [1.807, 2.05) is 13.0 Å². The summed E-state index contributed by atoms with van der Waals surface area (Å²) in [6.07, 6.45) is 2.05. The first kappa shape index (κ1) is 13.3. The van der Waals surface area contributed by atoms with Gasteiger partial charge in [-0.25, -0.2) is 4.39 Å². The quantitative estimate of drug-likeness (QED) is 0.660. The van der Waals surface area contributed by atoms with Crippen LogP contribution in [0.15, 0.2) is 42.5 Å². The summed E-state index contributed by atoms with van der Waals surface area (Å²) in [7, 11) is 0. The Morgan fingerprint density at radius 2 is 2.10 bits per heavy atom. The molecule has 0 spiro atoms. The number of aryl methyl sites for hydroxylation is 1. The van der Waals surface area contributed by atoms with Crippen molar-refractivity contribution in [2.45, 2.75) is 31.7 Å².